The SMILES string of the molecule is C=C(CC(O)COC(C)=O)C(=O)O. The zero-order valence-electron chi connectivity index (χ0n) is 7.32. The fourth-order valence-corrected chi connectivity index (χ4v) is 0.644. The summed E-state index contributed by atoms with van der Waals surface area (Å²) in [6.45, 7) is 4.22. The van der Waals surface area contributed by atoms with Crippen LogP contribution in [0, 0.1) is 0 Å². The van der Waals surface area contributed by atoms with Gasteiger partial charge in [0.1, 0.15) is 6.61 Å². The molecule has 1 atom stereocenters. The lowest BCUT2D eigenvalue weighted by Gasteiger charge is -2.09. The van der Waals surface area contributed by atoms with Crippen LogP contribution < -0.4 is 0 Å². The number of carboxylic acids is 1. The number of carboxylic acid groups (broad SMARTS) is 1. The molecule has 0 aromatic carbocycles. The summed E-state index contributed by atoms with van der Waals surface area (Å²) in [5.74, 6) is -1.68. The Hall–Kier alpha value is -1.36. The largest absolute Gasteiger partial charge is 0.478 e. The summed E-state index contributed by atoms with van der Waals surface area (Å²) in [4.78, 5) is 20.6. The van der Waals surface area contributed by atoms with Gasteiger partial charge < -0.3 is 14.9 Å². The zero-order valence-corrected chi connectivity index (χ0v) is 7.32. The summed E-state index contributed by atoms with van der Waals surface area (Å²) >= 11 is 0. The Bertz CT molecular complexity index is 221. The summed E-state index contributed by atoms with van der Waals surface area (Å²) in [7, 11) is 0. The molecule has 0 aromatic rings. The number of aliphatic hydroxyl groups is 1. The van der Waals surface area contributed by atoms with Gasteiger partial charge in [0.25, 0.3) is 0 Å². The number of hydrogen-bond acceptors (Lipinski definition) is 4. The van der Waals surface area contributed by atoms with Crippen molar-refractivity contribution in [3.05, 3.63) is 12.2 Å². The highest BCUT2D eigenvalue weighted by Gasteiger charge is 2.12. The second-order valence-corrected chi connectivity index (χ2v) is 2.57. The van der Waals surface area contributed by atoms with Gasteiger partial charge in [-0.25, -0.2) is 4.79 Å². The summed E-state index contributed by atoms with van der Waals surface area (Å²) in [5.41, 5.74) is -0.111. The zero-order chi connectivity index (χ0) is 10.4. The second-order valence-electron chi connectivity index (χ2n) is 2.57. The third-order valence-electron chi connectivity index (χ3n) is 1.26. The van der Waals surface area contributed by atoms with Crippen LogP contribution in [0.1, 0.15) is 13.3 Å². The van der Waals surface area contributed by atoms with Crippen LogP contribution in [0.25, 0.3) is 0 Å². The molecule has 0 rings (SSSR count). The molecule has 0 fully saturated rings. The molecule has 0 amide bonds. The molecular weight excluding hydrogens is 176 g/mol. The monoisotopic (exact) mass is 188 g/mol. The Morgan fingerprint density at radius 3 is 2.46 bits per heavy atom. The lowest BCUT2D eigenvalue weighted by molar-refractivity contribution is -0.143. The van der Waals surface area contributed by atoms with Crippen molar-refractivity contribution in [2.45, 2.75) is 19.4 Å². The predicted octanol–water partition coefficient (Wildman–Crippen LogP) is -0.0587. The minimum absolute atomic E-state index is 0.109. The fourth-order valence-electron chi connectivity index (χ4n) is 0.644. The highest BCUT2D eigenvalue weighted by atomic mass is 16.5. The predicted molar refractivity (Wildman–Crippen MR) is 44.0 cm³/mol. The van der Waals surface area contributed by atoms with E-state index in [-0.39, 0.29) is 18.6 Å². The first-order chi connectivity index (χ1) is 5.93. The van der Waals surface area contributed by atoms with Gasteiger partial charge in [-0.05, 0) is 0 Å². The molecule has 5 heteroatoms. The maximum absolute atomic E-state index is 10.3. The maximum atomic E-state index is 10.3. The Kier molecular flexibility index (Phi) is 4.76. The van der Waals surface area contributed by atoms with Crippen LogP contribution >= 0.6 is 0 Å². The number of carbonyl (C=O) groups is 2. The van der Waals surface area contributed by atoms with E-state index < -0.39 is 18.0 Å². The molecule has 0 bridgehead atoms. The van der Waals surface area contributed by atoms with E-state index in [1.165, 1.54) is 6.92 Å². The van der Waals surface area contributed by atoms with E-state index in [4.69, 9.17) is 10.2 Å². The molecule has 0 spiro atoms. The third kappa shape index (κ3) is 5.86. The summed E-state index contributed by atoms with van der Waals surface area (Å²) in [6, 6.07) is 0. The Morgan fingerprint density at radius 1 is 1.54 bits per heavy atom. The number of aliphatic carboxylic acids is 1. The van der Waals surface area contributed by atoms with Crippen LogP contribution in [-0.4, -0.2) is 34.9 Å². The molecule has 0 radical (unpaired) electrons. The summed E-state index contributed by atoms with van der Waals surface area (Å²) < 4.78 is 4.46. The lowest BCUT2D eigenvalue weighted by Crippen LogP contribution is -2.19. The van der Waals surface area contributed by atoms with Gasteiger partial charge in [0.2, 0.25) is 0 Å². The normalized spacial score (nSPS) is 11.8. The van der Waals surface area contributed by atoms with E-state index >= 15 is 0 Å². The van der Waals surface area contributed by atoms with Gasteiger partial charge in [-0.2, -0.15) is 0 Å². The molecule has 74 valence electrons. The van der Waals surface area contributed by atoms with Crippen molar-refractivity contribution in [1.29, 1.82) is 0 Å². The van der Waals surface area contributed by atoms with Gasteiger partial charge >= 0.3 is 11.9 Å². The van der Waals surface area contributed by atoms with Crippen molar-refractivity contribution in [2.24, 2.45) is 0 Å². The molecule has 0 aliphatic rings. The average molecular weight is 188 g/mol. The van der Waals surface area contributed by atoms with Gasteiger partial charge in [0.05, 0.1) is 6.10 Å². The molecule has 0 aliphatic heterocycles. The molecule has 1 unspecified atom stereocenters. The number of esters is 1. The van der Waals surface area contributed by atoms with Crippen molar-refractivity contribution in [3.8, 4) is 0 Å². The number of rotatable bonds is 5. The summed E-state index contributed by atoms with van der Waals surface area (Å²) in [5, 5.41) is 17.5. The first-order valence-electron chi connectivity index (χ1n) is 3.66. The van der Waals surface area contributed by atoms with Crippen LogP contribution in [0.4, 0.5) is 0 Å². The van der Waals surface area contributed by atoms with Crippen LogP contribution in [0.15, 0.2) is 12.2 Å². The van der Waals surface area contributed by atoms with Crippen molar-refractivity contribution in [2.75, 3.05) is 6.61 Å². The highest BCUT2D eigenvalue weighted by molar-refractivity contribution is 5.85. The number of aliphatic hydroxyl groups excluding tert-OH is 1. The summed E-state index contributed by atoms with van der Waals surface area (Å²) in [6.07, 6.45) is -1.12. The van der Waals surface area contributed by atoms with Gasteiger partial charge in [-0.1, -0.05) is 6.58 Å². The first kappa shape index (κ1) is 11.6. The second kappa shape index (κ2) is 5.31. The van der Waals surface area contributed by atoms with E-state index in [2.05, 4.69) is 11.3 Å². The number of ether oxygens (including phenoxy) is 1. The molecule has 13 heavy (non-hydrogen) atoms. The van der Waals surface area contributed by atoms with Crippen LogP contribution in [0.3, 0.4) is 0 Å². The van der Waals surface area contributed by atoms with E-state index in [0.717, 1.165) is 0 Å². The Labute approximate surface area is 75.6 Å². The number of carbonyl (C=O) groups excluding carboxylic acids is 1. The first-order valence-corrected chi connectivity index (χ1v) is 3.66. The molecular formula is C8H12O5. The van der Waals surface area contributed by atoms with Crippen molar-refractivity contribution in [3.63, 3.8) is 0 Å². The standard InChI is InChI=1S/C8H12O5/c1-5(8(11)12)3-7(10)4-13-6(2)9/h7,10H,1,3-4H2,2H3,(H,11,12). The smallest absolute Gasteiger partial charge is 0.331 e. The van der Waals surface area contributed by atoms with E-state index in [1.54, 1.807) is 0 Å². The minimum Gasteiger partial charge on any atom is -0.478 e. The van der Waals surface area contributed by atoms with Gasteiger partial charge in [-0.3, -0.25) is 4.79 Å². The molecule has 0 saturated carbocycles. The van der Waals surface area contributed by atoms with Gasteiger partial charge in [-0.15, -0.1) is 0 Å². The Balaban J connectivity index is 3.74. The van der Waals surface area contributed by atoms with Crippen molar-refractivity contribution in [1.82, 2.24) is 0 Å². The van der Waals surface area contributed by atoms with Gasteiger partial charge in [0, 0.05) is 18.9 Å². The van der Waals surface area contributed by atoms with Crippen molar-refractivity contribution < 1.29 is 24.5 Å². The molecule has 0 heterocycles. The topological polar surface area (TPSA) is 83.8 Å². The van der Waals surface area contributed by atoms with Crippen LogP contribution in [0.2, 0.25) is 0 Å². The molecule has 5 nitrogen and oxygen atoms in total. The van der Waals surface area contributed by atoms with E-state index in [1.807, 2.05) is 0 Å². The Morgan fingerprint density at radius 2 is 2.08 bits per heavy atom. The van der Waals surface area contributed by atoms with Crippen molar-refractivity contribution >= 4 is 11.9 Å². The average Bonchev–Trinajstić information content (AvgIpc) is 2.00. The lowest BCUT2D eigenvalue weighted by atomic mass is 10.1. The van der Waals surface area contributed by atoms with Crippen LogP contribution in [0.5, 0.6) is 0 Å². The van der Waals surface area contributed by atoms with Crippen LogP contribution in [-0.2, 0) is 14.3 Å². The van der Waals surface area contributed by atoms with E-state index in [0.29, 0.717) is 0 Å². The molecule has 0 aromatic heterocycles. The highest BCUT2D eigenvalue weighted by Crippen LogP contribution is 2.03. The molecule has 2 N–H and O–H groups in total. The third-order valence-corrected chi connectivity index (χ3v) is 1.26. The molecule has 0 saturated heterocycles. The van der Waals surface area contributed by atoms with E-state index in [9.17, 15) is 9.59 Å². The minimum atomic E-state index is -1.16. The fraction of sp³-hybridized carbons (Fsp3) is 0.500. The maximum Gasteiger partial charge on any atom is 0.331 e. The van der Waals surface area contributed by atoms with Gasteiger partial charge in [0.15, 0.2) is 0 Å². The molecule has 0 aliphatic carbocycles. The number of hydrogen-bond donors (Lipinski definition) is 2. The quantitative estimate of drug-likeness (QED) is 0.466.